The first-order valence-electron chi connectivity index (χ1n) is 10.3. The van der Waals surface area contributed by atoms with Gasteiger partial charge in [0.05, 0.1) is 22.4 Å². The molecule has 1 saturated carbocycles. The van der Waals surface area contributed by atoms with Gasteiger partial charge in [0.2, 0.25) is 5.91 Å². The molecule has 0 radical (unpaired) electrons. The lowest BCUT2D eigenvalue weighted by molar-refractivity contribution is -0.120. The molecule has 1 fully saturated rings. The van der Waals surface area contributed by atoms with Crippen molar-refractivity contribution < 1.29 is 23.1 Å². The van der Waals surface area contributed by atoms with Crippen molar-refractivity contribution in [3.8, 4) is 0 Å². The van der Waals surface area contributed by atoms with E-state index in [1.807, 2.05) is 24.3 Å². The maximum Gasteiger partial charge on any atom is 0.336 e. The molecule has 1 heterocycles. The van der Waals surface area contributed by atoms with Crippen molar-refractivity contribution >= 4 is 27.4 Å². The molecule has 32 heavy (non-hydrogen) atoms. The van der Waals surface area contributed by atoms with Gasteiger partial charge < -0.3 is 10.0 Å². The van der Waals surface area contributed by atoms with Gasteiger partial charge in [-0.15, -0.1) is 0 Å². The Morgan fingerprint density at radius 3 is 2.38 bits per heavy atom. The normalized spacial score (nSPS) is 21.6. The molecule has 0 bridgehead atoms. The van der Waals surface area contributed by atoms with Crippen LogP contribution in [-0.4, -0.2) is 31.7 Å². The molecular weight excluding hydrogens is 426 g/mol. The van der Waals surface area contributed by atoms with Crippen molar-refractivity contribution in [2.24, 2.45) is 0 Å². The van der Waals surface area contributed by atoms with E-state index in [0.717, 1.165) is 16.8 Å². The van der Waals surface area contributed by atoms with Crippen molar-refractivity contribution in [1.29, 1.82) is 0 Å². The summed E-state index contributed by atoms with van der Waals surface area (Å²) in [4.78, 5) is 27.3. The molecule has 1 N–H and O–H groups in total. The third-order valence-electron chi connectivity index (χ3n) is 6.55. The highest BCUT2D eigenvalue weighted by atomic mass is 32.2. The minimum absolute atomic E-state index is 0.0453. The average molecular weight is 448 g/mol. The fourth-order valence-corrected chi connectivity index (χ4v) is 5.52. The number of anilines is 1. The van der Waals surface area contributed by atoms with Crippen LogP contribution in [-0.2, 0) is 26.6 Å². The number of hydrogen-bond donors (Lipinski definition) is 1. The number of sulfone groups is 1. The second kappa shape index (κ2) is 7.03. The first-order valence-corrected chi connectivity index (χ1v) is 12.2. The summed E-state index contributed by atoms with van der Waals surface area (Å²) < 4.78 is 23.6. The summed E-state index contributed by atoms with van der Waals surface area (Å²) in [6, 6.07) is 21.1. The second-order valence-corrected chi connectivity index (χ2v) is 10.5. The van der Waals surface area contributed by atoms with E-state index in [4.69, 9.17) is 0 Å². The number of carbonyl (C=O) groups is 2. The molecule has 3 aromatic carbocycles. The number of amides is 1. The third kappa shape index (κ3) is 3.04. The monoisotopic (exact) mass is 447 g/mol. The lowest BCUT2D eigenvalue weighted by Crippen LogP contribution is -2.33. The van der Waals surface area contributed by atoms with Gasteiger partial charge in [0.15, 0.2) is 9.84 Å². The topological polar surface area (TPSA) is 91.8 Å². The summed E-state index contributed by atoms with van der Waals surface area (Å²) >= 11 is 0. The van der Waals surface area contributed by atoms with E-state index in [2.05, 4.69) is 0 Å². The second-order valence-electron chi connectivity index (χ2n) is 8.44. The number of carboxylic acid groups (broad SMARTS) is 1. The number of nitrogens with zero attached hydrogens (tertiary/aromatic N) is 1. The van der Waals surface area contributed by atoms with Gasteiger partial charge in [0, 0.05) is 17.9 Å². The van der Waals surface area contributed by atoms with Gasteiger partial charge in [0.25, 0.3) is 0 Å². The van der Waals surface area contributed by atoms with Crippen molar-refractivity contribution in [1.82, 2.24) is 0 Å². The van der Waals surface area contributed by atoms with Crippen molar-refractivity contribution in [3.05, 3.63) is 95.1 Å². The van der Waals surface area contributed by atoms with Crippen LogP contribution >= 0.6 is 0 Å². The number of fused-ring (bicyclic) bond motifs is 2. The molecule has 6 nitrogen and oxygen atoms in total. The minimum Gasteiger partial charge on any atom is -0.478 e. The van der Waals surface area contributed by atoms with E-state index in [1.165, 1.54) is 6.26 Å². The zero-order valence-corrected chi connectivity index (χ0v) is 18.2. The first kappa shape index (κ1) is 20.5. The van der Waals surface area contributed by atoms with Crippen LogP contribution in [0.5, 0.6) is 0 Å². The smallest absolute Gasteiger partial charge is 0.336 e. The average Bonchev–Trinajstić information content (AvgIpc) is 3.49. The van der Waals surface area contributed by atoms with E-state index in [9.17, 15) is 23.1 Å². The largest absolute Gasteiger partial charge is 0.478 e. The number of hydrogen-bond acceptors (Lipinski definition) is 4. The highest BCUT2D eigenvalue weighted by molar-refractivity contribution is 7.90. The van der Waals surface area contributed by atoms with Gasteiger partial charge in [-0.25, -0.2) is 13.2 Å². The highest BCUT2D eigenvalue weighted by Crippen LogP contribution is 2.66. The van der Waals surface area contributed by atoms with E-state index in [0.29, 0.717) is 12.0 Å². The van der Waals surface area contributed by atoms with E-state index in [-0.39, 0.29) is 28.8 Å². The number of benzene rings is 3. The third-order valence-corrected chi connectivity index (χ3v) is 7.68. The van der Waals surface area contributed by atoms with Gasteiger partial charge >= 0.3 is 5.97 Å². The van der Waals surface area contributed by atoms with E-state index in [1.54, 1.807) is 53.4 Å². The fraction of sp³-hybridized carbons (Fsp3) is 0.200. The predicted molar refractivity (Wildman–Crippen MR) is 120 cm³/mol. The summed E-state index contributed by atoms with van der Waals surface area (Å²) in [5.41, 5.74) is 2.73. The molecule has 2 aliphatic rings. The molecule has 1 aliphatic heterocycles. The van der Waals surface area contributed by atoms with Crippen LogP contribution < -0.4 is 4.90 Å². The summed E-state index contributed by atoms with van der Waals surface area (Å²) in [6.07, 6.45) is 1.81. The Morgan fingerprint density at radius 1 is 1.03 bits per heavy atom. The molecule has 2 atom stereocenters. The summed E-state index contributed by atoms with van der Waals surface area (Å²) in [5, 5.41) is 9.54. The number of aromatic carboxylic acids is 1. The Hall–Kier alpha value is -3.45. The molecule has 0 aromatic heterocycles. The first-order chi connectivity index (χ1) is 15.2. The molecule has 162 valence electrons. The molecule has 3 aromatic rings. The molecular formula is C25H21NO5S. The molecule has 0 saturated heterocycles. The van der Waals surface area contributed by atoms with Crippen LogP contribution in [0.3, 0.4) is 0 Å². The Kier molecular flexibility index (Phi) is 4.49. The van der Waals surface area contributed by atoms with Gasteiger partial charge in [-0.05, 0) is 47.4 Å². The van der Waals surface area contributed by atoms with Crippen LogP contribution in [0.25, 0.3) is 0 Å². The van der Waals surface area contributed by atoms with Crippen molar-refractivity contribution in [2.45, 2.75) is 29.2 Å². The Labute approximate surface area is 186 Å². The Morgan fingerprint density at radius 2 is 1.69 bits per heavy atom. The maximum absolute atomic E-state index is 13.7. The fourth-order valence-electron chi connectivity index (χ4n) is 4.89. The summed E-state index contributed by atoms with van der Waals surface area (Å²) in [7, 11) is -3.29. The lowest BCUT2D eigenvalue weighted by atomic mass is 9.92. The Balaban J connectivity index is 1.51. The van der Waals surface area contributed by atoms with Crippen LogP contribution in [0, 0.1) is 0 Å². The van der Waals surface area contributed by atoms with Gasteiger partial charge in [-0.3, -0.25) is 4.79 Å². The minimum atomic E-state index is -3.29. The summed E-state index contributed by atoms with van der Waals surface area (Å²) in [6.45, 7) is 0.180. The molecule has 1 spiro atoms. The molecule has 1 aliphatic carbocycles. The van der Waals surface area contributed by atoms with E-state index >= 15 is 0 Å². The number of carbonyl (C=O) groups excluding carboxylic acids is 1. The zero-order chi connectivity index (χ0) is 22.7. The van der Waals surface area contributed by atoms with E-state index < -0.39 is 21.2 Å². The Bertz CT molecular complexity index is 1360. The lowest BCUT2D eigenvalue weighted by Gasteiger charge is -2.19. The standard InChI is InChI=1S/C25H21NO5S/c1-32(30,31)18-12-10-16(11-13-18)21-14-25(21)20-8-4-5-9-22(20)26(24(25)29)15-17-6-2-3-7-19(17)23(27)28/h2-13,21H,14-15H2,1H3,(H,27,28). The van der Waals surface area contributed by atoms with Crippen LogP contribution in [0.4, 0.5) is 5.69 Å². The predicted octanol–water partition coefficient (Wildman–Crippen LogP) is 3.76. The molecule has 1 amide bonds. The number of rotatable bonds is 5. The quantitative estimate of drug-likeness (QED) is 0.643. The SMILES string of the molecule is CS(=O)(=O)c1ccc(C2CC23C(=O)N(Cc2ccccc2C(=O)O)c2ccccc23)cc1. The van der Waals surface area contributed by atoms with Crippen LogP contribution in [0.2, 0.25) is 0 Å². The number of para-hydroxylation sites is 1. The van der Waals surface area contributed by atoms with Crippen LogP contribution in [0.15, 0.2) is 77.7 Å². The number of carboxylic acids is 1. The van der Waals surface area contributed by atoms with Gasteiger partial charge in [-0.2, -0.15) is 0 Å². The van der Waals surface area contributed by atoms with Crippen molar-refractivity contribution in [3.63, 3.8) is 0 Å². The maximum atomic E-state index is 13.7. The highest BCUT2D eigenvalue weighted by Gasteiger charge is 2.67. The van der Waals surface area contributed by atoms with Crippen LogP contribution in [0.1, 0.15) is 39.4 Å². The molecule has 7 heteroatoms. The zero-order valence-electron chi connectivity index (χ0n) is 17.4. The van der Waals surface area contributed by atoms with Gasteiger partial charge in [0.1, 0.15) is 0 Å². The van der Waals surface area contributed by atoms with Gasteiger partial charge in [-0.1, -0.05) is 48.5 Å². The summed E-state index contributed by atoms with van der Waals surface area (Å²) in [5.74, 6) is -1.12. The molecule has 5 rings (SSSR count). The van der Waals surface area contributed by atoms with Crippen molar-refractivity contribution in [2.75, 3.05) is 11.2 Å². The molecule has 2 unspecified atom stereocenters.